The van der Waals surface area contributed by atoms with Gasteiger partial charge in [0.15, 0.2) is 6.29 Å². The van der Waals surface area contributed by atoms with Crippen LogP contribution in [0.25, 0.3) is 0 Å². The smallest absolute Gasteiger partial charge is 0.176 e. The minimum atomic E-state index is -0.347. The second-order valence-corrected chi connectivity index (χ2v) is 2.51. The monoisotopic (exact) mass is 192 g/mol. The zero-order valence-corrected chi connectivity index (χ0v) is 8.58. The van der Waals surface area contributed by atoms with Crippen molar-refractivity contribution in [3.8, 4) is 0 Å². The molecule has 0 spiro atoms. The van der Waals surface area contributed by atoms with E-state index in [-0.39, 0.29) is 12.3 Å². The number of hydrogen-bond acceptors (Lipinski definition) is 5. The van der Waals surface area contributed by atoms with E-state index in [2.05, 4.69) is 5.43 Å². The third kappa shape index (κ3) is 5.17. The van der Waals surface area contributed by atoms with Crippen molar-refractivity contribution in [3.63, 3.8) is 0 Å². The summed E-state index contributed by atoms with van der Waals surface area (Å²) in [4.78, 5) is 0. The fraction of sp³-hybridized carbons (Fsp3) is 1.00. The minimum Gasteiger partial charge on any atom is -0.383 e. The second kappa shape index (κ2) is 8.40. The van der Waals surface area contributed by atoms with E-state index >= 15 is 0 Å². The molecule has 0 aromatic carbocycles. The standard InChI is InChI=1S/C8H20N2O3/c1-4-12-8(13-5-2)7(10-9)6-11-3/h7-8,10H,4-6,9H2,1-3H3. The summed E-state index contributed by atoms with van der Waals surface area (Å²) < 4.78 is 15.7. The molecule has 0 amide bonds. The van der Waals surface area contributed by atoms with Gasteiger partial charge in [-0.15, -0.1) is 0 Å². The molecule has 0 aliphatic carbocycles. The van der Waals surface area contributed by atoms with Crippen LogP contribution in [0.3, 0.4) is 0 Å². The summed E-state index contributed by atoms with van der Waals surface area (Å²) in [5.41, 5.74) is 2.60. The summed E-state index contributed by atoms with van der Waals surface area (Å²) in [6.45, 7) is 5.46. The van der Waals surface area contributed by atoms with Gasteiger partial charge in [-0.25, -0.2) is 5.43 Å². The van der Waals surface area contributed by atoms with E-state index in [0.29, 0.717) is 19.8 Å². The normalized spacial score (nSPS) is 13.6. The maximum atomic E-state index is 5.34. The Labute approximate surface area is 79.5 Å². The Morgan fingerprint density at radius 2 is 1.77 bits per heavy atom. The Balaban J connectivity index is 3.94. The topological polar surface area (TPSA) is 65.7 Å². The molecule has 0 saturated heterocycles. The molecule has 0 fully saturated rings. The fourth-order valence-electron chi connectivity index (χ4n) is 0.994. The van der Waals surface area contributed by atoms with E-state index < -0.39 is 0 Å². The predicted octanol–water partition coefficient (Wildman–Crippen LogP) is -0.136. The summed E-state index contributed by atoms with van der Waals surface area (Å²) in [6.07, 6.45) is -0.347. The quantitative estimate of drug-likeness (QED) is 0.318. The van der Waals surface area contributed by atoms with Crippen molar-refractivity contribution in [3.05, 3.63) is 0 Å². The number of methoxy groups -OCH3 is 1. The van der Waals surface area contributed by atoms with Gasteiger partial charge in [-0.1, -0.05) is 0 Å². The highest BCUT2D eigenvalue weighted by molar-refractivity contribution is 4.66. The van der Waals surface area contributed by atoms with Crippen LogP contribution >= 0.6 is 0 Å². The van der Waals surface area contributed by atoms with Gasteiger partial charge in [0, 0.05) is 20.3 Å². The van der Waals surface area contributed by atoms with Crippen molar-refractivity contribution in [2.75, 3.05) is 26.9 Å². The van der Waals surface area contributed by atoms with Crippen molar-refractivity contribution in [1.29, 1.82) is 0 Å². The molecule has 0 saturated carbocycles. The van der Waals surface area contributed by atoms with Gasteiger partial charge in [-0.2, -0.15) is 0 Å². The summed E-state index contributed by atoms with van der Waals surface area (Å²) in [7, 11) is 1.61. The summed E-state index contributed by atoms with van der Waals surface area (Å²) in [5.74, 6) is 5.33. The van der Waals surface area contributed by atoms with Crippen molar-refractivity contribution < 1.29 is 14.2 Å². The van der Waals surface area contributed by atoms with Crippen LogP contribution in [0.1, 0.15) is 13.8 Å². The predicted molar refractivity (Wildman–Crippen MR) is 50.0 cm³/mol. The molecule has 0 aliphatic rings. The van der Waals surface area contributed by atoms with Gasteiger partial charge in [0.25, 0.3) is 0 Å². The van der Waals surface area contributed by atoms with Crippen LogP contribution in [0.2, 0.25) is 0 Å². The first-order valence-corrected chi connectivity index (χ1v) is 4.48. The zero-order chi connectivity index (χ0) is 10.1. The van der Waals surface area contributed by atoms with Crippen LogP contribution < -0.4 is 11.3 Å². The van der Waals surface area contributed by atoms with E-state index in [1.807, 2.05) is 13.8 Å². The number of ether oxygens (including phenoxy) is 3. The number of rotatable bonds is 8. The van der Waals surface area contributed by atoms with Crippen molar-refractivity contribution >= 4 is 0 Å². The summed E-state index contributed by atoms with van der Waals surface area (Å²) in [6, 6.07) is -0.134. The first kappa shape index (κ1) is 12.8. The third-order valence-electron chi connectivity index (χ3n) is 1.55. The molecule has 13 heavy (non-hydrogen) atoms. The fourth-order valence-corrected chi connectivity index (χ4v) is 0.994. The first-order valence-electron chi connectivity index (χ1n) is 4.48. The van der Waals surface area contributed by atoms with E-state index in [1.165, 1.54) is 0 Å². The SMILES string of the molecule is CCOC(OCC)C(COC)NN. The molecule has 80 valence electrons. The lowest BCUT2D eigenvalue weighted by atomic mass is 10.3. The highest BCUT2D eigenvalue weighted by Gasteiger charge is 2.20. The van der Waals surface area contributed by atoms with Crippen molar-refractivity contribution in [1.82, 2.24) is 5.43 Å². The Morgan fingerprint density at radius 1 is 1.23 bits per heavy atom. The Morgan fingerprint density at radius 3 is 2.08 bits per heavy atom. The van der Waals surface area contributed by atoms with Crippen LogP contribution in [-0.4, -0.2) is 39.3 Å². The van der Waals surface area contributed by atoms with Gasteiger partial charge < -0.3 is 14.2 Å². The van der Waals surface area contributed by atoms with Crippen LogP contribution in [-0.2, 0) is 14.2 Å². The Kier molecular flexibility index (Phi) is 8.27. The van der Waals surface area contributed by atoms with Crippen LogP contribution in [0.4, 0.5) is 0 Å². The minimum absolute atomic E-state index is 0.134. The van der Waals surface area contributed by atoms with E-state index in [0.717, 1.165) is 0 Å². The third-order valence-corrected chi connectivity index (χ3v) is 1.55. The number of nitrogens with two attached hydrogens (primary N) is 1. The van der Waals surface area contributed by atoms with E-state index in [9.17, 15) is 0 Å². The lowest BCUT2D eigenvalue weighted by molar-refractivity contribution is -0.161. The maximum absolute atomic E-state index is 5.34. The van der Waals surface area contributed by atoms with Gasteiger partial charge in [-0.05, 0) is 13.8 Å². The van der Waals surface area contributed by atoms with Gasteiger partial charge in [0.2, 0.25) is 0 Å². The maximum Gasteiger partial charge on any atom is 0.176 e. The molecule has 0 aromatic rings. The molecule has 0 aromatic heterocycles. The summed E-state index contributed by atoms with van der Waals surface area (Å²) in [5, 5.41) is 0. The van der Waals surface area contributed by atoms with Crippen LogP contribution in [0, 0.1) is 0 Å². The average Bonchev–Trinajstić information content (AvgIpc) is 2.14. The molecule has 3 N–H and O–H groups in total. The Bertz CT molecular complexity index is 108. The van der Waals surface area contributed by atoms with Crippen LogP contribution in [0.15, 0.2) is 0 Å². The number of nitrogens with one attached hydrogen (secondary N) is 1. The molecular formula is C8H20N2O3. The Hall–Kier alpha value is -0.200. The average molecular weight is 192 g/mol. The molecule has 0 bridgehead atoms. The zero-order valence-electron chi connectivity index (χ0n) is 8.58. The van der Waals surface area contributed by atoms with Gasteiger partial charge >= 0.3 is 0 Å². The van der Waals surface area contributed by atoms with Gasteiger partial charge in [-0.3, -0.25) is 5.84 Å². The molecule has 0 aliphatic heterocycles. The van der Waals surface area contributed by atoms with E-state index in [4.69, 9.17) is 20.1 Å². The molecule has 0 rings (SSSR count). The highest BCUT2D eigenvalue weighted by atomic mass is 16.7. The van der Waals surface area contributed by atoms with Crippen LogP contribution in [0.5, 0.6) is 0 Å². The van der Waals surface area contributed by atoms with Crippen molar-refractivity contribution in [2.45, 2.75) is 26.2 Å². The highest BCUT2D eigenvalue weighted by Crippen LogP contribution is 2.01. The molecule has 5 heteroatoms. The lowest BCUT2D eigenvalue weighted by Gasteiger charge is -2.25. The van der Waals surface area contributed by atoms with E-state index in [1.54, 1.807) is 7.11 Å². The lowest BCUT2D eigenvalue weighted by Crippen LogP contribution is -2.49. The second-order valence-electron chi connectivity index (χ2n) is 2.51. The molecular weight excluding hydrogens is 172 g/mol. The molecule has 5 nitrogen and oxygen atoms in total. The van der Waals surface area contributed by atoms with Crippen molar-refractivity contribution in [2.24, 2.45) is 5.84 Å². The van der Waals surface area contributed by atoms with Gasteiger partial charge in [0.1, 0.15) is 0 Å². The summed E-state index contributed by atoms with van der Waals surface area (Å²) >= 11 is 0. The first-order chi connectivity index (χ1) is 6.29. The molecule has 0 heterocycles. The van der Waals surface area contributed by atoms with Gasteiger partial charge in [0.05, 0.1) is 12.6 Å². The number of hydrazine groups is 1. The molecule has 1 unspecified atom stereocenters. The molecule has 1 atom stereocenters. The largest absolute Gasteiger partial charge is 0.383 e. The molecule has 0 radical (unpaired) electrons. The number of hydrogen-bond donors (Lipinski definition) is 2.